The summed E-state index contributed by atoms with van der Waals surface area (Å²) < 4.78 is 15.5. The van der Waals surface area contributed by atoms with Gasteiger partial charge in [-0.15, -0.1) is 0 Å². The number of anilines is 1. The fraction of sp³-hybridized carbons (Fsp3) is 0.304. The lowest BCUT2D eigenvalue weighted by atomic mass is 10.1. The largest absolute Gasteiger partial charge is 0.334 e. The highest BCUT2D eigenvalue weighted by atomic mass is 19.1. The molecule has 1 aliphatic rings. The van der Waals surface area contributed by atoms with E-state index in [0.717, 1.165) is 47.7 Å². The molecule has 0 aliphatic carbocycles. The first-order valence-corrected chi connectivity index (χ1v) is 9.89. The van der Waals surface area contributed by atoms with Crippen molar-refractivity contribution in [1.82, 2.24) is 14.5 Å². The van der Waals surface area contributed by atoms with Crippen LogP contribution in [0.3, 0.4) is 0 Å². The highest BCUT2D eigenvalue weighted by molar-refractivity contribution is 5.95. The Bertz CT molecular complexity index is 1010. The third-order valence-corrected chi connectivity index (χ3v) is 5.66. The first kappa shape index (κ1) is 19.3. The minimum Gasteiger partial charge on any atom is -0.334 e. The van der Waals surface area contributed by atoms with Gasteiger partial charge in [-0.25, -0.2) is 9.37 Å². The van der Waals surface area contributed by atoms with Gasteiger partial charge in [0.1, 0.15) is 11.6 Å². The van der Waals surface area contributed by atoms with Crippen molar-refractivity contribution in [3.8, 4) is 11.1 Å². The minimum atomic E-state index is -0.259. The lowest BCUT2D eigenvalue weighted by Gasteiger charge is -2.23. The summed E-state index contributed by atoms with van der Waals surface area (Å²) in [5, 5.41) is 3.03. The van der Waals surface area contributed by atoms with Crippen LogP contribution in [-0.2, 0) is 18.4 Å². The van der Waals surface area contributed by atoms with Gasteiger partial charge in [0, 0.05) is 25.5 Å². The lowest BCUT2D eigenvalue weighted by Crippen LogP contribution is -2.39. The van der Waals surface area contributed by atoms with Crippen molar-refractivity contribution in [1.29, 1.82) is 0 Å². The second-order valence-electron chi connectivity index (χ2n) is 7.56. The zero-order chi connectivity index (χ0) is 20.4. The van der Waals surface area contributed by atoms with Crippen molar-refractivity contribution >= 4 is 11.6 Å². The molecule has 1 amide bonds. The van der Waals surface area contributed by atoms with Crippen molar-refractivity contribution in [2.45, 2.75) is 32.4 Å². The SMILES string of the molecule is Cc1ncc(CN2CCC[C@H]2C(=O)Nc2ccc(-c3cccc(F)c3)cc2)n1C. The summed E-state index contributed by atoms with van der Waals surface area (Å²) in [6.45, 7) is 3.60. The highest BCUT2D eigenvalue weighted by Gasteiger charge is 2.31. The van der Waals surface area contributed by atoms with E-state index in [1.54, 1.807) is 6.07 Å². The third kappa shape index (κ3) is 4.22. The summed E-state index contributed by atoms with van der Waals surface area (Å²) in [5.74, 6) is 0.725. The number of nitrogens with one attached hydrogen (secondary N) is 1. The van der Waals surface area contributed by atoms with Gasteiger partial charge in [-0.2, -0.15) is 0 Å². The summed E-state index contributed by atoms with van der Waals surface area (Å²) >= 11 is 0. The first-order valence-electron chi connectivity index (χ1n) is 9.89. The zero-order valence-corrected chi connectivity index (χ0v) is 16.7. The van der Waals surface area contributed by atoms with Crippen molar-refractivity contribution < 1.29 is 9.18 Å². The van der Waals surface area contributed by atoms with Crippen LogP contribution in [0.4, 0.5) is 10.1 Å². The van der Waals surface area contributed by atoms with E-state index < -0.39 is 0 Å². The maximum absolute atomic E-state index is 13.4. The van der Waals surface area contributed by atoms with Crippen LogP contribution in [0.1, 0.15) is 24.4 Å². The number of aryl methyl sites for hydroxylation is 1. The molecule has 2 aromatic carbocycles. The molecule has 0 bridgehead atoms. The average Bonchev–Trinajstić information content (AvgIpc) is 3.31. The molecule has 1 atom stereocenters. The van der Waals surface area contributed by atoms with Gasteiger partial charge >= 0.3 is 0 Å². The number of amides is 1. The van der Waals surface area contributed by atoms with Gasteiger partial charge in [0.2, 0.25) is 5.91 Å². The Hall–Kier alpha value is -2.99. The maximum atomic E-state index is 13.4. The second kappa shape index (κ2) is 8.17. The summed E-state index contributed by atoms with van der Waals surface area (Å²) in [6, 6.07) is 13.9. The van der Waals surface area contributed by atoms with E-state index in [-0.39, 0.29) is 17.8 Å². The number of halogens is 1. The summed E-state index contributed by atoms with van der Waals surface area (Å²) in [7, 11) is 2.00. The van der Waals surface area contributed by atoms with E-state index in [1.807, 2.05) is 50.5 Å². The van der Waals surface area contributed by atoms with Crippen LogP contribution >= 0.6 is 0 Å². The predicted molar refractivity (Wildman–Crippen MR) is 112 cm³/mol. The smallest absolute Gasteiger partial charge is 0.241 e. The molecule has 1 aliphatic heterocycles. The molecule has 1 N–H and O–H groups in total. The van der Waals surface area contributed by atoms with Crippen LogP contribution in [0.2, 0.25) is 0 Å². The Labute approximate surface area is 170 Å². The molecule has 0 spiro atoms. The molecule has 0 saturated carbocycles. The predicted octanol–water partition coefficient (Wildman–Crippen LogP) is 4.14. The van der Waals surface area contributed by atoms with Gasteiger partial charge in [-0.3, -0.25) is 9.69 Å². The summed E-state index contributed by atoms with van der Waals surface area (Å²) in [4.78, 5) is 19.4. The van der Waals surface area contributed by atoms with Crippen molar-refractivity contribution in [3.05, 3.63) is 72.1 Å². The van der Waals surface area contributed by atoms with Crippen LogP contribution < -0.4 is 5.32 Å². The molecule has 0 radical (unpaired) electrons. The molecule has 3 aromatic rings. The van der Waals surface area contributed by atoms with Crippen molar-refractivity contribution in [3.63, 3.8) is 0 Å². The molecular formula is C23H25FN4O. The Morgan fingerprint density at radius 3 is 2.69 bits per heavy atom. The minimum absolute atomic E-state index is 0.0138. The fourth-order valence-electron chi connectivity index (χ4n) is 3.86. The quantitative estimate of drug-likeness (QED) is 0.710. The van der Waals surface area contributed by atoms with Crippen LogP contribution in [-0.4, -0.2) is 32.9 Å². The van der Waals surface area contributed by atoms with Gasteiger partial charge in [-0.1, -0.05) is 24.3 Å². The average molecular weight is 392 g/mol. The molecule has 0 unspecified atom stereocenters. The number of hydrogen-bond donors (Lipinski definition) is 1. The van der Waals surface area contributed by atoms with E-state index in [0.29, 0.717) is 6.54 Å². The number of imidazole rings is 1. The molecule has 4 rings (SSSR count). The highest BCUT2D eigenvalue weighted by Crippen LogP contribution is 2.24. The summed E-state index contributed by atoms with van der Waals surface area (Å²) in [5.41, 5.74) is 3.59. The first-order chi connectivity index (χ1) is 14.0. The van der Waals surface area contributed by atoms with E-state index in [9.17, 15) is 9.18 Å². The zero-order valence-electron chi connectivity index (χ0n) is 16.7. The number of nitrogens with zero attached hydrogens (tertiary/aromatic N) is 3. The number of carbonyl (C=O) groups is 1. The Morgan fingerprint density at radius 2 is 2.00 bits per heavy atom. The van der Waals surface area contributed by atoms with Gasteiger partial charge in [0.15, 0.2) is 0 Å². The topological polar surface area (TPSA) is 50.2 Å². The van der Waals surface area contributed by atoms with Crippen LogP contribution in [0.5, 0.6) is 0 Å². The van der Waals surface area contributed by atoms with Gasteiger partial charge in [0.25, 0.3) is 0 Å². The number of rotatable bonds is 5. The van der Waals surface area contributed by atoms with Crippen LogP contribution in [0.15, 0.2) is 54.7 Å². The molecule has 6 heteroatoms. The second-order valence-corrected chi connectivity index (χ2v) is 7.56. The molecule has 1 aromatic heterocycles. The lowest BCUT2D eigenvalue weighted by molar-refractivity contribution is -0.120. The maximum Gasteiger partial charge on any atom is 0.241 e. The van der Waals surface area contributed by atoms with E-state index in [4.69, 9.17) is 0 Å². The van der Waals surface area contributed by atoms with Crippen LogP contribution in [0, 0.1) is 12.7 Å². The van der Waals surface area contributed by atoms with Crippen molar-refractivity contribution in [2.75, 3.05) is 11.9 Å². The van der Waals surface area contributed by atoms with Gasteiger partial charge < -0.3 is 9.88 Å². The molecule has 2 heterocycles. The number of likely N-dealkylation sites (tertiary alicyclic amines) is 1. The van der Waals surface area contributed by atoms with Gasteiger partial charge in [-0.05, 0) is 61.7 Å². The number of hydrogen-bond acceptors (Lipinski definition) is 3. The molecule has 150 valence electrons. The number of benzene rings is 2. The summed E-state index contributed by atoms with van der Waals surface area (Å²) in [6.07, 6.45) is 3.74. The molecule has 1 fully saturated rings. The molecule has 1 saturated heterocycles. The number of carbonyl (C=O) groups excluding carboxylic acids is 1. The third-order valence-electron chi connectivity index (χ3n) is 5.66. The number of aromatic nitrogens is 2. The molecule has 29 heavy (non-hydrogen) atoms. The Kier molecular flexibility index (Phi) is 5.45. The van der Waals surface area contributed by atoms with E-state index in [1.165, 1.54) is 12.1 Å². The Morgan fingerprint density at radius 1 is 1.21 bits per heavy atom. The standard InChI is InChI=1S/C23H25FN4O/c1-16-25-14-21(27(16)2)15-28-12-4-7-22(28)23(29)26-20-10-8-17(9-11-20)18-5-3-6-19(24)13-18/h3,5-6,8-11,13-14,22H,4,7,12,15H2,1-2H3,(H,26,29)/t22-/m0/s1. The monoisotopic (exact) mass is 392 g/mol. The fourth-order valence-corrected chi connectivity index (χ4v) is 3.86. The van der Waals surface area contributed by atoms with Gasteiger partial charge in [0.05, 0.1) is 11.7 Å². The van der Waals surface area contributed by atoms with E-state index in [2.05, 4.69) is 19.8 Å². The molecule has 5 nitrogen and oxygen atoms in total. The van der Waals surface area contributed by atoms with Crippen LogP contribution in [0.25, 0.3) is 11.1 Å². The van der Waals surface area contributed by atoms with Crippen molar-refractivity contribution in [2.24, 2.45) is 7.05 Å². The normalized spacial score (nSPS) is 16.9. The van der Waals surface area contributed by atoms with E-state index >= 15 is 0 Å². The molecular weight excluding hydrogens is 367 g/mol. The Balaban J connectivity index is 1.42.